The van der Waals surface area contributed by atoms with Crippen LogP contribution in [0.2, 0.25) is 0 Å². The zero-order valence-corrected chi connectivity index (χ0v) is 31.4. The average molecular weight is 740 g/mol. The lowest BCUT2D eigenvalue weighted by Gasteiger charge is -2.39. The van der Waals surface area contributed by atoms with Gasteiger partial charge in [0.2, 0.25) is 0 Å². The molecule has 2 aliphatic carbocycles. The predicted octanol–water partition coefficient (Wildman–Crippen LogP) is 10.8. The van der Waals surface area contributed by atoms with E-state index in [1.165, 1.54) is 49.5 Å². The molecule has 0 radical (unpaired) electrons. The van der Waals surface area contributed by atoms with Crippen molar-refractivity contribution in [3.05, 3.63) is 190 Å². The maximum Gasteiger partial charge on any atom is 0.178 e. The van der Waals surface area contributed by atoms with E-state index in [4.69, 9.17) is 14.2 Å². The summed E-state index contributed by atoms with van der Waals surface area (Å²) in [5.74, 6) is 1.58. The van der Waals surface area contributed by atoms with Crippen molar-refractivity contribution in [3.8, 4) is 22.6 Å². The van der Waals surface area contributed by atoms with E-state index in [0.29, 0.717) is 5.56 Å². The van der Waals surface area contributed by atoms with E-state index < -0.39 is 11.0 Å². The van der Waals surface area contributed by atoms with Gasteiger partial charge in [-0.25, -0.2) is 0 Å². The molecule has 2 aliphatic heterocycles. The molecule has 0 saturated carbocycles. The number of aldehydes is 1. The number of benzene rings is 8. The molecule has 57 heavy (non-hydrogen) atoms. The van der Waals surface area contributed by atoms with Crippen LogP contribution in [0.15, 0.2) is 146 Å². The summed E-state index contributed by atoms with van der Waals surface area (Å²) < 4.78 is 19.4. The highest BCUT2D eigenvalue weighted by Crippen LogP contribution is 2.66. The first kappa shape index (κ1) is 32.5. The summed E-state index contributed by atoms with van der Waals surface area (Å²) in [6.07, 6.45) is 5.49. The minimum Gasteiger partial charge on any atom is -0.497 e. The second kappa shape index (κ2) is 11.9. The van der Waals surface area contributed by atoms with Gasteiger partial charge in [0.15, 0.2) is 5.60 Å². The maximum absolute atomic E-state index is 12.5. The molecule has 1 atom stereocenters. The number of methoxy groups -OCH3 is 1. The van der Waals surface area contributed by atoms with Crippen LogP contribution in [0.3, 0.4) is 0 Å². The third-order valence-corrected chi connectivity index (χ3v) is 13.0. The summed E-state index contributed by atoms with van der Waals surface area (Å²) in [7, 11) is 1.74. The van der Waals surface area contributed by atoms with Gasteiger partial charge in [-0.15, -0.1) is 0 Å². The summed E-state index contributed by atoms with van der Waals surface area (Å²) in [6.45, 7) is 3.18. The van der Waals surface area contributed by atoms with E-state index in [1.807, 2.05) is 18.2 Å². The van der Waals surface area contributed by atoms with E-state index >= 15 is 0 Å². The van der Waals surface area contributed by atoms with E-state index in [0.717, 1.165) is 82.7 Å². The monoisotopic (exact) mass is 739 g/mol. The maximum atomic E-state index is 12.5. The minimum atomic E-state index is -0.948. The molecule has 0 bridgehead atoms. The lowest BCUT2D eigenvalue weighted by Crippen LogP contribution is -2.37. The molecular formula is C52H37NO4. The van der Waals surface area contributed by atoms with Crippen molar-refractivity contribution < 1.29 is 19.0 Å². The summed E-state index contributed by atoms with van der Waals surface area (Å²) in [5.41, 5.74) is 10.5. The van der Waals surface area contributed by atoms with Gasteiger partial charge >= 0.3 is 0 Å². The third-order valence-electron chi connectivity index (χ3n) is 13.0. The quantitative estimate of drug-likeness (QED) is 0.130. The van der Waals surface area contributed by atoms with Crippen LogP contribution >= 0.6 is 0 Å². The molecule has 1 unspecified atom stereocenters. The van der Waals surface area contributed by atoms with Gasteiger partial charge in [0.1, 0.15) is 17.8 Å². The van der Waals surface area contributed by atoms with Crippen LogP contribution in [0, 0.1) is 0 Å². The van der Waals surface area contributed by atoms with Crippen molar-refractivity contribution in [2.45, 2.75) is 11.0 Å². The third kappa shape index (κ3) is 4.24. The first-order valence-corrected chi connectivity index (χ1v) is 19.7. The second-order valence-electron chi connectivity index (χ2n) is 15.6. The Morgan fingerprint density at radius 2 is 1.40 bits per heavy atom. The first-order chi connectivity index (χ1) is 28.1. The van der Waals surface area contributed by atoms with Gasteiger partial charge in [-0.05, 0) is 96.7 Å². The van der Waals surface area contributed by atoms with Crippen molar-refractivity contribution in [2.24, 2.45) is 0 Å². The highest BCUT2D eigenvalue weighted by Gasteiger charge is 2.54. The normalized spacial score (nSPS) is 18.2. The average Bonchev–Trinajstić information content (AvgIpc) is 3.77. The van der Waals surface area contributed by atoms with Crippen LogP contribution in [-0.2, 0) is 15.8 Å². The zero-order chi connectivity index (χ0) is 37.9. The van der Waals surface area contributed by atoms with Gasteiger partial charge in [0.25, 0.3) is 0 Å². The number of ether oxygens (including phenoxy) is 3. The largest absolute Gasteiger partial charge is 0.497 e. The number of nitrogens with zero attached hydrogens (tertiary/aromatic N) is 1. The second-order valence-corrected chi connectivity index (χ2v) is 15.6. The van der Waals surface area contributed by atoms with Crippen molar-refractivity contribution in [2.75, 3.05) is 38.3 Å². The molecular weight excluding hydrogens is 703 g/mol. The van der Waals surface area contributed by atoms with E-state index in [1.54, 1.807) is 7.11 Å². The Labute approximate surface area is 330 Å². The van der Waals surface area contributed by atoms with E-state index in [-0.39, 0.29) is 0 Å². The summed E-state index contributed by atoms with van der Waals surface area (Å²) >= 11 is 0. The lowest BCUT2D eigenvalue weighted by molar-refractivity contribution is 0.112. The number of rotatable bonds is 5. The number of morpholine rings is 1. The highest BCUT2D eigenvalue weighted by molar-refractivity contribution is 6.20. The van der Waals surface area contributed by atoms with Gasteiger partial charge in [0, 0.05) is 46.4 Å². The Hall–Kier alpha value is -6.69. The Bertz CT molecular complexity index is 2970. The van der Waals surface area contributed by atoms with Crippen molar-refractivity contribution in [1.82, 2.24) is 0 Å². The summed E-state index contributed by atoms with van der Waals surface area (Å²) in [5, 5.41) is 6.99. The van der Waals surface area contributed by atoms with Crippen LogP contribution in [-0.4, -0.2) is 39.7 Å². The molecule has 2 heterocycles. The fraction of sp³-hybridized carbons (Fsp3) is 0.135. The Kier molecular flexibility index (Phi) is 6.80. The van der Waals surface area contributed by atoms with Crippen LogP contribution in [0.25, 0.3) is 49.5 Å². The standard InChI is InChI=1S/C52H37NO4/c1-55-38-20-22-40-45(30-38)52(43-11-5-7-33-14-15-34-8-6-12-44(52)47(34)46(33)43)49-41-23-24-51(35-9-3-2-4-10-35,36-16-18-37(19-17-36)53-25-27-56-28-26-53)57-50(41)42-29-32(31-54)13-21-39(42)48(40)49/h2-24,29-31H,25-28H2,1H3. The molecule has 8 aromatic carbocycles. The molecule has 5 nitrogen and oxygen atoms in total. The van der Waals surface area contributed by atoms with Gasteiger partial charge in [-0.1, -0.05) is 115 Å². The number of fused-ring (bicyclic) bond motifs is 12. The summed E-state index contributed by atoms with van der Waals surface area (Å²) in [6, 6.07) is 50.0. The highest BCUT2D eigenvalue weighted by atomic mass is 16.5. The van der Waals surface area contributed by atoms with Gasteiger partial charge < -0.3 is 19.1 Å². The number of anilines is 1. The number of hydrogen-bond donors (Lipinski definition) is 0. The topological polar surface area (TPSA) is 48.0 Å². The lowest BCUT2D eigenvalue weighted by atomic mass is 9.68. The van der Waals surface area contributed by atoms with Gasteiger partial charge in [0.05, 0.1) is 25.7 Å². The molecule has 1 spiro atoms. The van der Waals surface area contributed by atoms with E-state index in [2.05, 4.69) is 138 Å². The minimum absolute atomic E-state index is 0.605. The smallest absolute Gasteiger partial charge is 0.178 e. The molecule has 1 saturated heterocycles. The van der Waals surface area contributed by atoms with Crippen LogP contribution < -0.4 is 14.4 Å². The molecule has 274 valence electrons. The van der Waals surface area contributed by atoms with Crippen LogP contribution in [0.5, 0.6) is 11.5 Å². The first-order valence-electron chi connectivity index (χ1n) is 19.7. The van der Waals surface area contributed by atoms with Crippen molar-refractivity contribution in [3.63, 3.8) is 0 Å². The van der Waals surface area contributed by atoms with Gasteiger partial charge in [-0.2, -0.15) is 0 Å². The predicted molar refractivity (Wildman–Crippen MR) is 228 cm³/mol. The fourth-order valence-electron chi connectivity index (χ4n) is 10.6. The van der Waals surface area contributed by atoms with E-state index in [9.17, 15) is 4.79 Å². The number of carbonyl (C=O) groups is 1. The molecule has 5 heteroatoms. The molecule has 0 amide bonds. The van der Waals surface area contributed by atoms with Crippen LogP contribution in [0.4, 0.5) is 5.69 Å². The molecule has 4 aliphatic rings. The SMILES string of the molecule is COc1ccc2c(c1)C1(c3c4c(c5cc(C=O)ccc5c3-2)OC(c2ccccc2)(c2ccc(N3CCOCC3)cc2)C=C4)c2cccc3ccc4cccc1c4c23. The zero-order valence-electron chi connectivity index (χ0n) is 31.4. The Balaban J connectivity index is 1.19. The molecule has 0 N–H and O–H groups in total. The van der Waals surface area contributed by atoms with Gasteiger partial charge in [-0.3, -0.25) is 4.79 Å². The fourth-order valence-corrected chi connectivity index (χ4v) is 10.6. The molecule has 1 fully saturated rings. The number of carbonyl (C=O) groups excluding carboxylic acids is 1. The number of hydrogen-bond acceptors (Lipinski definition) is 5. The molecule has 12 rings (SSSR count). The van der Waals surface area contributed by atoms with Crippen molar-refractivity contribution in [1.29, 1.82) is 0 Å². The Morgan fingerprint density at radius 1 is 0.684 bits per heavy atom. The Morgan fingerprint density at radius 3 is 2.11 bits per heavy atom. The molecule has 0 aromatic heterocycles. The summed E-state index contributed by atoms with van der Waals surface area (Å²) in [4.78, 5) is 14.9. The van der Waals surface area contributed by atoms with Crippen molar-refractivity contribution >= 4 is 50.4 Å². The van der Waals surface area contributed by atoms with Crippen LogP contribution in [0.1, 0.15) is 49.3 Å². The molecule has 8 aromatic rings.